The van der Waals surface area contributed by atoms with Crippen molar-refractivity contribution in [1.82, 2.24) is 9.97 Å². The quantitative estimate of drug-likeness (QED) is 0.408. The Balaban J connectivity index is 1.54. The van der Waals surface area contributed by atoms with Gasteiger partial charge in [0.25, 0.3) is 0 Å². The molecule has 3 rings (SSSR count). The van der Waals surface area contributed by atoms with Crippen LogP contribution >= 0.6 is 23.1 Å². The first-order valence-corrected chi connectivity index (χ1v) is 8.17. The number of nitriles is 1. The highest BCUT2D eigenvalue weighted by Gasteiger charge is 2.05. The van der Waals surface area contributed by atoms with E-state index in [1.54, 1.807) is 41.6 Å². The lowest BCUT2D eigenvalue weighted by molar-refractivity contribution is 0.344. The molecule has 0 saturated heterocycles. The van der Waals surface area contributed by atoms with Gasteiger partial charge in [0.05, 0.1) is 18.2 Å². The number of hydrogen-bond acceptors (Lipinski definition) is 6. The number of hydrogen-bond donors (Lipinski definition) is 0. The predicted octanol–water partition coefficient (Wildman–Crippen LogP) is 3.73. The van der Waals surface area contributed by atoms with Gasteiger partial charge in [0.2, 0.25) is 0 Å². The molecule has 0 amide bonds. The highest BCUT2D eigenvalue weighted by atomic mass is 32.2. The van der Waals surface area contributed by atoms with Gasteiger partial charge in [-0.1, -0.05) is 0 Å². The van der Waals surface area contributed by atoms with Crippen LogP contribution < -0.4 is 4.74 Å². The van der Waals surface area contributed by atoms with Crippen LogP contribution in [0.25, 0.3) is 10.2 Å². The zero-order valence-corrected chi connectivity index (χ0v) is 12.7. The van der Waals surface area contributed by atoms with Gasteiger partial charge in [0, 0.05) is 11.1 Å². The highest BCUT2D eigenvalue weighted by Crippen LogP contribution is 2.27. The van der Waals surface area contributed by atoms with E-state index in [1.165, 1.54) is 0 Å². The van der Waals surface area contributed by atoms with Crippen molar-refractivity contribution >= 4 is 33.3 Å². The van der Waals surface area contributed by atoms with Gasteiger partial charge in [-0.25, -0.2) is 9.97 Å². The Morgan fingerprint density at radius 3 is 2.86 bits per heavy atom. The molecule has 6 heteroatoms. The summed E-state index contributed by atoms with van der Waals surface area (Å²) < 4.78 is 5.65. The molecule has 21 heavy (non-hydrogen) atoms. The minimum atomic E-state index is 0.589. The summed E-state index contributed by atoms with van der Waals surface area (Å²) in [5.74, 6) is 1.58. The summed E-state index contributed by atoms with van der Waals surface area (Å²) in [6, 6.07) is 11.3. The molecule has 0 fully saturated rings. The molecule has 0 aliphatic rings. The third-order valence-corrected chi connectivity index (χ3v) is 4.59. The molecule has 0 spiro atoms. The van der Waals surface area contributed by atoms with E-state index in [4.69, 9.17) is 10.00 Å². The predicted molar refractivity (Wildman–Crippen MR) is 84.8 cm³/mol. The van der Waals surface area contributed by atoms with Gasteiger partial charge in [0.1, 0.15) is 21.9 Å². The van der Waals surface area contributed by atoms with E-state index >= 15 is 0 Å². The lowest BCUT2D eigenvalue weighted by atomic mass is 10.2. The summed E-state index contributed by atoms with van der Waals surface area (Å²) in [6.07, 6.45) is 1.60. The van der Waals surface area contributed by atoms with Crippen molar-refractivity contribution in [2.24, 2.45) is 0 Å². The number of benzene rings is 1. The molecule has 0 radical (unpaired) electrons. The molecule has 4 nitrogen and oxygen atoms in total. The molecule has 0 atom stereocenters. The maximum atomic E-state index is 8.73. The van der Waals surface area contributed by atoms with Gasteiger partial charge in [-0.05, 0) is 35.7 Å². The Morgan fingerprint density at radius 2 is 2.05 bits per heavy atom. The number of aromatic nitrogens is 2. The van der Waals surface area contributed by atoms with Crippen LogP contribution in [0.15, 0.2) is 47.1 Å². The normalized spacial score (nSPS) is 10.4. The number of nitrogens with zero attached hydrogens (tertiary/aromatic N) is 3. The molecule has 0 aliphatic heterocycles. The van der Waals surface area contributed by atoms with E-state index in [9.17, 15) is 0 Å². The fraction of sp³-hybridized carbons (Fsp3) is 0.133. The van der Waals surface area contributed by atoms with Gasteiger partial charge in [0.15, 0.2) is 0 Å². The molecule has 3 aromatic rings. The second-order valence-corrected chi connectivity index (χ2v) is 6.13. The van der Waals surface area contributed by atoms with Crippen molar-refractivity contribution in [2.75, 3.05) is 12.4 Å². The summed E-state index contributed by atoms with van der Waals surface area (Å²) in [7, 11) is 0. The summed E-state index contributed by atoms with van der Waals surface area (Å²) in [5, 5.41) is 12.8. The Hall–Kier alpha value is -2.10. The summed E-state index contributed by atoms with van der Waals surface area (Å²) in [6.45, 7) is 0.589. The van der Waals surface area contributed by atoms with Crippen molar-refractivity contribution in [3.05, 3.63) is 47.6 Å². The van der Waals surface area contributed by atoms with Crippen LogP contribution in [0, 0.1) is 11.3 Å². The van der Waals surface area contributed by atoms with Crippen LogP contribution in [0.5, 0.6) is 5.75 Å². The first-order chi connectivity index (χ1) is 10.4. The fourth-order valence-electron chi connectivity index (χ4n) is 1.81. The SMILES string of the molecule is N#Cc1ccc(OCCSc2ncnc3sccc23)cc1. The van der Waals surface area contributed by atoms with E-state index in [2.05, 4.69) is 16.0 Å². The van der Waals surface area contributed by atoms with Crippen LogP contribution in [0.1, 0.15) is 5.56 Å². The number of thiophene rings is 1. The number of fused-ring (bicyclic) bond motifs is 1. The minimum Gasteiger partial charge on any atom is -0.493 e. The van der Waals surface area contributed by atoms with E-state index in [0.717, 1.165) is 26.7 Å². The molecule has 1 aromatic carbocycles. The topological polar surface area (TPSA) is 58.8 Å². The summed E-state index contributed by atoms with van der Waals surface area (Å²) in [5.41, 5.74) is 0.637. The van der Waals surface area contributed by atoms with Crippen molar-refractivity contribution < 1.29 is 4.74 Å². The fourth-order valence-corrected chi connectivity index (χ4v) is 3.41. The highest BCUT2D eigenvalue weighted by molar-refractivity contribution is 7.99. The Kier molecular flexibility index (Phi) is 4.34. The van der Waals surface area contributed by atoms with Crippen molar-refractivity contribution in [3.63, 3.8) is 0 Å². The van der Waals surface area contributed by atoms with Crippen LogP contribution in [-0.2, 0) is 0 Å². The average Bonchev–Trinajstić information content (AvgIpc) is 3.01. The first kappa shape index (κ1) is 13.9. The largest absolute Gasteiger partial charge is 0.493 e. The lowest BCUT2D eigenvalue weighted by Gasteiger charge is -2.06. The molecule has 2 heterocycles. The molecule has 104 valence electrons. The van der Waals surface area contributed by atoms with Crippen molar-refractivity contribution in [1.29, 1.82) is 5.26 Å². The van der Waals surface area contributed by atoms with E-state index in [-0.39, 0.29) is 0 Å². The van der Waals surface area contributed by atoms with Crippen LogP contribution in [-0.4, -0.2) is 22.3 Å². The van der Waals surface area contributed by atoms with Gasteiger partial charge in [-0.15, -0.1) is 23.1 Å². The van der Waals surface area contributed by atoms with Gasteiger partial charge in [-0.3, -0.25) is 0 Å². The van der Waals surface area contributed by atoms with Crippen LogP contribution in [0.2, 0.25) is 0 Å². The molecule has 0 N–H and O–H groups in total. The second kappa shape index (κ2) is 6.57. The molecular weight excluding hydrogens is 302 g/mol. The van der Waals surface area contributed by atoms with Crippen molar-refractivity contribution in [2.45, 2.75) is 5.03 Å². The van der Waals surface area contributed by atoms with Crippen LogP contribution in [0.4, 0.5) is 0 Å². The molecule has 2 aromatic heterocycles. The molecule has 0 aliphatic carbocycles. The number of thioether (sulfide) groups is 1. The average molecular weight is 313 g/mol. The molecule has 0 unspecified atom stereocenters. The number of ether oxygens (including phenoxy) is 1. The van der Waals surface area contributed by atoms with E-state index in [1.807, 2.05) is 23.6 Å². The minimum absolute atomic E-state index is 0.589. The maximum Gasteiger partial charge on any atom is 0.127 e. The Morgan fingerprint density at radius 1 is 1.19 bits per heavy atom. The standard InChI is InChI=1S/C15H11N3OS2/c16-9-11-1-3-12(4-2-11)19-6-8-21-15-13-5-7-20-14(13)17-10-18-15/h1-5,7,10H,6,8H2. The van der Waals surface area contributed by atoms with Crippen molar-refractivity contribution in [3.8, 4) is 11.8 Å². The summed E-state index contributed by atoms with van der Waals surface area (Å²) in [4.78, 5) is 9.56. The lowest BCUT2D eigenvalue weighted by Crippen LogP contribution is -2.00. The maximum absolute atomic E-state index is 8.73. The number of rotatable bonds is 5. The zero-order valence-electron chi connectivity index (χ0n) is 11.0. The smallest absolute Gasteiger partial charge is 0.127 e. The third kappa shape index (κ3) is 3.32. The molecule has 0 saturated carbocycles. The second-order valence-electron chi connectivity index (χ2n) is 4.15. The van der Waals surface area contributed by atoms with E-state index < -0.39 is 0 Å². The van der Waals surface area contributed by atoms with Gasteiger partial charge in [-0.2, -0.15) is 5.26 Å². The summed E-state index contributed by atoms with van der Waals surface area (Å²) >= 11 is 3.28. The third-order valence-electron chi connectivity index (χ3n) is 2.80. The molecule has 0 bridgehead atoms. The first-order valence-electron chi connectivity index (χ1n) is 6.31. The van der Waals surface area contributed by atoms with Crippen LogP contribution in [0.3, 0.4) is 0 Å². The van der Waals surface area contributed by atoms with E-state index in [0.29, 0.717) is 12.2 Å². The Bertz CT molecular complexity index is 777. The van der Waals surface area contributed by atoms with Gasteiger partial charge >= 0.3 is 0 Å². The van der Waals surface area contributed by atoms with Gasteiger partial charge < -0.3 is 4.74 Å². The molecular formula is C15H11N3OS2. The Labute approximate surface area is 130 Å². The zero-order chi connectivity index (χ0) is 14.5. The monoisotopic (exact) mass is 313 g/mol.